The minimum Gasteiger partial charge on any atom is -0.466 e. The number of esters is 1. The summed E-state index contributed by atoms with van der Waals surface area (Å²) in [6.45, 7) is 4.88. The molecule has 63 heavy (non-hydrogen) atoms. The summed E-state index contributed by atoms with van der Waals surface area (Å²) < 4.78 is 5.48. The molecule has 0 rings (SSSR count). The molecule has 2 atom stereocenters. The molecule has 0 heterocycles. The molecule has 0 aliphatic carbocycles. The number of aliphatic hydroxyl groups is 2. The van der Waals surface area contributed by atoms with Crippen molar-refractivity contribution in [3.05, 3.63) is 24.3 Å². The molecule has 0 saturated carbocycles. The van der Waals surface area contributed by atoms with E-state index in [1.807, 2.05) is 6.08 Å². The predicted octanol–water partition coefficient (Wildman–Crippen LogP) is 17.1. The number of unbranched alkanes of at least 4 members (excludes halogenated alkanes) is 39. The van der Waals surface area contributed by atoms with E-state index >= 15 is 0 Å². The first-order chi connectivity index (χ1) is 31.0. The molecule has 2 unspecified atom stereocenters. The van der Waals surface area contributed by atoms with Gasteiger partial charge in [-0.05, 0) is 57.8 Å². The molecule has 0 saturated heterocycles. The molecule has 0 aromatic heterocycles. The maximum absolute atomic E-state index is 12.4. The number of nitrogens with one attached hydrogen (secondary N) is 1. The Morgan fingerprint density at radius 3 is 1.13 bits per heavy atom. The molecule has 6 heteroatoms. The van der Waals surface area contributed by atoms with Gasteiger partial charge in [0, 0.05) is 12.8 Å². The zero-order valence-electron chi connectivity index (χ0n) is 42.3. The van der Waals surface area contributed by atoms with E-state index in [2.05, 4.69) is 31.3 Å². The summed E-state index contributed by atoms with van der Waals surface area (Å²) in [5.74, 6) is -0.0895. The van der Waals surface area contributed by atoms with Gasteiger partial charge >= 0.3 is 5.97 Å². The SMILES string of the molecule is CCCCCCCCC/C=C\CCCCCCCCCC(=O)OCCCCCCCCCCCCCCCC(=O)NC(CO)C(O)/C=C/CCCCCCCCCCCCCCC. The van der Waals surface area contributed by atoms with E-state index in [4.69, 9.17) is 4.74 Å². The molecule has 372 valence electrons. The molecular formula is C57H109NO5. The molecule has 6 nitrogen and oxygen atoms in total. The van der Waals surface area contributed by atoms with Gasteiger partial charge in [0.2, 0.25) is 5.91 Å². The molecule has 0 aromatic carbocycles. The average Bonchev–Trinajstić information content (AvgIpc) is 3.28. The van der Waals surface area contributed by atoms with Crippen LogP contribution in [-0.2, 0) is 14.3 Å². The molecule has 0 fully saturated rings. The Hall–Kier alpha value is -1.66. The van der Waals surface area contributed by atoms with Crippen LogP contribution in [0.2, 0.25) is 0 Å². The second-order valence-corrected chi connectivity index (χ2v) is 19.3. The molecular weight excluding hydrogens is 779 g/mol. The van der Waals surface area contributed by atoms with Crippen molar-refractivity contribution < 1.29 is 24.5 Å². The van der Waals surface area contributed by atoms with E-state index in [1.165, 1.54) is 218 Å². The number of hydrogen-bond acceptors (Lipinski definition) is 5. The highest BCUT2D eigenvalue weighted by Crippen LogP contribution is 2.16. The number of hydrogen-bond donors (Lipinski definition) is 3. The van der Waals surface area contributed by atoms with Gasteiger partial charge in [-0.25, -0.2) is 0 Å². The lowest BCUT2D eigenvalue weighted by molar-refractivity contribution is -0.143. The molecule has 0 bridgehead atoms. The number of carbonyl (C=O) groups excluding carboxylic acids is 2. The van der Waals surface area contributed by atoms with E-state index in [0.29, 0.717) is 19.4 Å². The van der Waals surface area contributed by atoms with Crippen LogP contribution in [0.25, 0.3) is 0 Å². The Morgan fingerprint density at radius 1 is 0.429 bits per heavy atom. The number of carbonyl (C=O) groups is 2. The van der Waals surface area contributed by atoms with Crippen LogP contribution in [0.4, 0.5) is 0 Å². The maximum Gasteiger partial charge on any atom is 0.305 e. The van der Waals surface area contributed by atoms with Crippen LogP contribution in [0.3, 0.4) is 0 Å². The third-order valence-electron chi connectivity index (χ3n) is 13.0. The Labute approximate surface area is 392 Å². The lowest BCUT2D eigenvalue weighted by atomic mass is 10.0. The first-order valence-electron chi connectivity index (χ1n) is 28.1. The number of amides is 1. The van der Waals surface area contributed by atoms with Crippen molar-refractivity contribution in [2.24, 2.45) is 0 Å². The van der Waals surface area contributed by atoms with Crippen LogP contribution in [0, 0.1) is 0 Å². The van der Waals surface area contributed by atoms with Gasteiger partial charge in [0.25, 0.3) is 0 Å². The summed E-state index contributed by atoms with van der Waals surface area (Å²) in [6, 6.07) is -0.637. The Bertz CT molecular complexity index is 982. The van der Waals surface area contributed by atoms with E-state index in [-0.39, 0.29) is 18.5 Å². The highest BCUT2D eigenvalue weighted by Gasteiger charge is 2.18. The summed E-state index contributed by atoms with van der Waals surface area (Å²) in [5, 5.41) is 23.1. The standard InChI is InChI=1S/C57H109NO5/c1-3-5-7-9-11-13-15-17-19-20-21-23-27-31-35-39-43-47-51-57(62)63-52-48-44-40-36-32-28-24-26-30-34-38-42-46-50-56(61)58-54(53-59)55(60)49-45-41-37-33-29-25-22-18-16-14-12-10-8-6-4-2/h19-20,45,49,54-55,59-60H,3-18,21-44,46-48,50-53H2,1-2H3,(H,58,61)/b20-19-,49-45+. The fraction of sp³-hybridized carbons (Fsp3) is 0.895. The van der Waals surface area contributed by atoms with Crippen molar-refractivity contribution in [2.75, 3.05) is 13.2 Å². The lowest BCUT2D eigenvalue weighted by Crippen LogP contribution is -2.45. The Balaban J connectivity index is 3.46. The van der Waals surface area contributed by atoms with Gasteiger partial charge < -0.3 is 20.3 Å². The zero-order valence-corrected chi connectivity index (χ0v) is 42.3. The maximum atomic E-state index is 12.4. The van der Waals surface area contributed by atoms with Crippen LogP contribution in [0.5, 0.6) is 0 Å². The van der Waals surface area contributed by atoms with Crippen molar-refractivity contribution in [2.45, 2.75) is 315 Å². The Morgan fingerprint density at radius 2 is 0.746 bits per heavy atom. The fourth-order valence-electron chi connectivity index (χ4n) is 8.63. The minimum atomic E-state index is -0.852. The molecule has 3 N–H and O–H groups in total. The average molecular weight is 889 g/mol. The second kappa shape index (κ2) is 53.0. The summed E-state index contributed by atoms with van der Waals surface area (Å²) in [6.07, 6.45) is 63.3. The normalized spacial score (nSPS) is 12.8. The topological polar surface area (TPSA) is 95.9 Å². The first kappa shape index (κ1) is 61.3. The van der Waals surface area contributed by atoms with Gasteiger partial charge in [0.05, 0.1) is 25.4 Å². The van der Waals surface area contributed by atoms with Crippen LogP contribution in [0.15, 0.2) is 24.3 Å². The van der Waals surface area contributed by atoms with E-state index in [1.54, 1.807) is 6.08 Å². The molecule has 0 spiro atoms. The molecule has 1 amide bonds. The van der Waals surface area contributed by atoms with Gasteiger partial charge in [-0.1, -0.05) is 256 Å². The number of allylic oxidation sites excluding steroid dienone is 3. The molecule has 0 aliphatic heterocycles. The molecule has 0 radical (unpaired) electrons. The minimum absolute atomic E-state index is 0.00962. The van der Waals surface area contributed by atoms with Crippen LogP contribution >= 0.6 is 0 Å². The van der Waals surface area contributed by atoms with Crippen molar-refractivity contribution in [3.63, 3.8) is 0 Å². The lowest BCUT2D eigenvalue weighted by Gasteiger charge is -2.20. The van der Waals surface area contributed by atoms with Gasteiger partial charge in [-0.15, -0.1) is 0 Å². The summed E-state index contributed by atoms with van der Waals surface area (Å²) in [5.41, 5.74) is 0. The highest BCUT2D eigenvalue weighted by atomic mass is 16.5. The third kappa shape index (κ3) is 49.6. The number of aliphatic hydroxyl groups excluding tert-OH is 2. The highest BCUT2D eigenvalue weighted by molar-refractivity contribution is 5.76. The first-order valence-corrected chi connectivity index (χ1v) is 28.1. The quantitative estimate of drug-likeness (QED) is 0.0321. The van der Waals surface area contributed by atoms with Crippen LogP contribution in [-0.4, -0.2) is 47.4 Å². The monoisotopic (exact) mass is 888 g/mol. The van der Waals surface area contributed by atoms with Crippen molar-refractivity contribution >= 4 is 11.9 Å². The largest absolute Gasteiger partial charge is 0.466 e. The van der Waals surface area contributed by atoms with Crippen LogP contribution < -0.4 is 5.32 Å². The number of ether oxygens (including phenoxy) is 1. The van der Waals surface area contributed by atoms with Crippen molar-refractivity contribution in [1.29, 1.82) is 0 Å². The summed E-state index contributed by atoms with van der Waals surface area (Å²) in [7, 11) is 0. The fourth-order valence-corrected chi connectivity index (χ4v) is 8.63. The second-order valence-electron chi connectivity index (χ2n) is 19.3. The van der Waals surface area contributed by atoms with Crippen molar-refractivity contribution in [1.82, 2.24) is 5.32 Å². The van der Waals surface area contributed by atoms with E-state index in [9.17, 15) is 19.8 Å². The van der Waals surface area contributed by atoms with Gasteiger partial charge in [-0.3, -0.25) is 9.59 Å². The molecule has 0 aliphatic rings. The Kier molecular flexibility index (Phi) is 51.6. The van der Waals surface area contributed by atoms with Gasteiger partial charge in [0.1, 0.15) is 0 Å². The smallest absolute Gasteiger partial charge is 0.305 e. The van der Waals surface area contributed by atoms with E-state index < -0.39 is 12.1 Å². The predicted molar refractivity (Wildman–Crippen MR) is 273 cm³/mol. The van der Waals surface area contributed by atoms with E-state index in [0.717, 1.165) is 57.8 Å². The zero-order chi connectivity index (χ0) is 45.8. The third-order valence-corrected chi connectivity index (χ3v) is 13.0. The van der Waals surface area contributed by atoms with Crippen LogP contribution in [0.1, 0.15) is 303 Å². The van der Waals surface area contributed by atoms with Gasteiger partial charge in [-0.2, -0.15) is 0 Å². The molecule has 0 aromatic rings. The number of rotatable bonds is 52. The summed E-state index contributed by atoms with van der Waals surface area (Å²) in [4.78, 5) is 24.5. The van der Waals surface area contributed by atoms with Crippen molar-refractivity contribution in [3.8, 4) is 0 Å². The van der Waals surface area contributed by atoms with Gasteiger partial charge in [0.15, 0.2) is 0 Å². The summed E-state index contributed by atoms with van der Waals surface area (Å²) >= 11 is 0.